The summed E-state index contributed by atoms with van der Waals surface area (Å²) in [5.41, 5.74) is 2.42. The Labute approximate surface area is 168 Å². The van der Waals surface area contributed by atoms with E-state index in [0.29, 0.717) is 56.2 Å². The van der Waals surface area contributed by atoms with Gasteiger partial charge in [-0.25, -0.2) is 0 Å². The molecule has 0 N–H and O–H groups in total. The fourth-order valence-corrected chi connectivity index (χ4v) is 4.23. The van der Waals surface area contributed by atoms with Crippen molar-refractivity contribution >= 4 is 16.9 Å². The number of hydrogen-bond acceptors (Lipinski definition) is 5. The van der Waals surface area contributed by atoms with Crippen LogP contribution >= 0.6 is 0 Å². The number of amides is 1. The summed E-state index contributed by atoms with van der Waals surface area (Å²) in [5, 5.41) is 0.899. The molecule has 2 aromatic carbocycles. The van der Waals surface area contributed by atoms with Gasteiger partial charge in [-0.2, -0.15) is 0 Å². The van der Waals surface area contributed by atoms with E-state index in [1.54, 1.807) is 7.11 Å². The van der Waals surface area contributed by atoms with Crippen molar-refractivity contribution in [1.82, 2.24) is 4.90 Å². The van der Waals surface area contributed by atoms with Crippen LogP contribution in [0.15, 0.2) is 52.9 Å². The summed E-state index contributed by atoms with van der Waals surface area (Å²) in [6.45, 7) is 2.40. The second-order valence-corrected chi connectivity index (χ2v) is 7.43. The summed E-state index contributed by atoms with van der Waals surface area (Å²) < 4.78 is 23.0. The van der Waals surface area contributed by atoms with Crippen LogP contribution in [0.3, 0.4) is 0 Å². The molecule has 0 bridgehead atoms. The Morgan fingerprint density at radius 1 is 1.03 bits per heavy atom. The van der Waals surface area contributed by atoms with Crippen LogP contribution in [0.2, 0.25) is 0 Å². The van der Waals surface area contributed by atoms with Crippen LogP contribution in [-0.4, -0.2) is 50.0 Å². The topological polar surface area (TPSA) is 61.1 Å². The van der Waals surface area contributed by atoms with E-state index >= 15 is 0 Å². The number of ether oxygens (including phenoxy) is 3. The predicted octanol–water partition coefficient (Wildman–Crippen LogP) is 4.09. The highest BCUT2D eigenvalue weighted by Gasteiger charge is 2.41. The highest BCUT2D eigenvalue weighted by Crippen LogP contribution is 2.38. The highest BCUT2D eigenvalue weighted by atomic mass is 16.7. The fourth-order valence-electron chi connectivity index (χ4n) is 4.23. The number of piperidine rings is 1. The van der Waals surface area contributed by atoms with E-state index in [-0.39, 0.29) is 5.91 Å². The standard InChI is InChI=1S/C23H23NO5/c1-26-17-7-8-18-19(15-17)29-21(20(18)16-5-3-2-4-6-16)22(25)24-11-9-23(10-12-24)27-13-14-28-23/h2-8,15H,9-14H2,1H3. The molecule has 1 spiro atoms. The first-order valence-electron chi connectivity index (χ1n) is 9.92. The number of nitrogens with zero attached hydrogens (tertiary/aromatic N) is 1. The predicted molar refractivity (Wildman–Crippen MR) is 108 cm³/mol. The lowest BCUT2D eigenvalue weighted by Crippen LogP contribution is -2.47. The molecule has 2 saturated heterocycles. The van der Waals surface area contributed by atoms with Crippen LogP contribution in [0.1, 0.15) is 23.4 Å². The van der Waals surface area contributed by atoms with Gasteiger partial charge in [0.05, 0.1) is 20.3 Å². The minimum Gasteiger partial charge on any atom is -0.497 e. The number of rotatable bonds is 3. The van der Waals surface area contributed by atoms with Gasteiger partial charge in [0.25, 0.3) is 5.91 Å². The summed E-state index contributed by atoms with van der Waals surface area (Å²) >= 11 is 0. The zero-order valence-electron chi connectivity index (χ0n) is 16.3. The molecular formula is C23H23NO5. The third-order valence-corrected chi connectivity index (χ3v) is 5.78. The monoisotopic (exact) mass is 393 g/mol. The van der Waals surface area contributed by atoms with Crippen LogP contribution < -0.4 is 4.74 Å². The summed E-state index contributed by atoms with van der Waals surface area (Å²) in [6, 6.07) is 15.5. The molecule has 5 rings (SSSR count). The van der Waals surface area contributed by atoms with Crippen LogP contribution in [-0.2, 0) is 9.47 Å². The summed E-state index contributed by atoms with van der Waals surface area (Å²) in [5.74, 6) is 0.441. The number of benzene rings is 2. The van der Waals surface area contributed by atoms with Crippen molar-refractivity contribution in [3.63, 3.8) is 0 Å². The molecule has 6 heteroatoms. The van der Waals surface area contributed by atoms with Crippen molar-refractivity contribution in [2.24, 2.45) is 0 Å². The van der Waals surface area contributed by atoms with Gasteiger partial charge in [-0.15, -0.1) is 0 Å². The maximum absolute atomic E-state index is 13.4. The Morgan fingerprint density at radius 2 is 1.76 bits per heavy atom. The summed E-state index contributed by atoms with van der Waals surface area (Å²) in [6.07, 6.45) is 1.35. The largest absolute Gasteiger partial charge is 0.497 e. The molecular weight excluding hydrogens is 370 g/mol. The number of fused-ring (bicyclic) bond motifs is 1. The zero-order chi connectivity index (χ0) is 19.8. The first-order valence-corrected chi connectivity index (χ1v) is 9.92. The molecule has 29 heavy (non-hydrogen) atoms. The third-order valence-electron chi connectivity index (χ3n) is 5.78. The van der Waals surface area contributed by atoms with Gasteiger partial charge in [0.2, 0.25) is 5.76 Å². The lowest BCUT2D eigenvalue weighted by atomic mass is 9.99. The first kappa shape index (κ1) is 18.2. The number of methoxy groups -OCH3 is 1. The number of carbonyl (C=O) groups is 1. The SMILES string of the molecule is COc1ccc2c(-c3ccccc3)c(C(=O)N3CCC4(CC3)OCCO4)oc2c1. The van der Waals surface area contributed by atoms with Crippen molar-refractivity contribution in [3.05, 3.63) is 54.3 Å². The van der Waals surface area contributed by atoms with Gasteiger partial charge in [0, 0.05) is 42.9 Å². The molecule has 0 saturated carbocycles. The van der Waals surface area contributed by atoms with Crippen molar-refractivity contribution in [2.75, 3.05) is 33.4 Å². The zero-order valence-corrected chi connectivity index (χ0v) is 16.3. The molecule has 1 aromatic heterocycles. The Hall–Kier alpha value is -2.83. The lowest BCUT2D eigenvalue weighted by Gasteiger charge is -2.37. The normalized spacial score (nSPS) is 18.4. The molecule has 6 nitrogen and oxygen atoms in total. The molecule has 0 unspecified atom stereocenters. The number of carbonyl (C=O) groups excluding carboxylic acids is 1. The van der Waals surface area contributed by atoms with Crippen molar-refractivity contribution in [1.29, 1.82) is 0 Å². The van der Waals surface area contributed by atoms with E-state index in [2.05, 4.69) is 0 Å². The maximum atomic E-state index is 13.4. The fraction of sp³-hybridized carbons (Fsp3) is 0.348. The van der Waals surface area contributed by atoms with Crippen molar-refractivity contribution in [2.45, 2.75) is 18.6 Å². The Kier molecular flexibility index (Phi) is 4.53. The molecule has 3 heterocycles. The summed E-state index contributed by atoms with van der Waals surface area (Å²) in [4.78, 5) is 15.3. The molecule has 1 amide bonds. The second kappa shape index (κ2) is 7.21. The second-order valence-electron chi connectivity index (χ2n) is 7.43. The molecule has 3 aromatic rings. The van der Waals surface area contributed by atoms with Crippen LogP contribution in [0.25, 0.3) is 22.1 Å². The molecule has 0 aliphatic carbocycles. The van der Waals surface area contributed by atoms with E-state index in [1.807, 2.05) is 53.4 Å². The highest BCUT2D eigenvalue weighted by molar-refractivity contribution is 6.08. The molecule has 2 aliphatic heterocycles. The Bertz CT molecular complexity index is 1030. The minimum absolute atomic E-state index is 0.105. The van der Waals surface area contributed by atoms with E-state index in [0.717, 1.165) is 16.5 Å². The molecule has 0 radical (unpaired) electrons. The smallest absolute Gasteiger partial charge is 0.290 e. The minimum atomic E-state index is -0.514. The molecule has 2 aliphatic rings. The summed E-state index contributed by atoms with van der Waals surface area (Å²) in [7, 11) is 1.62. The number of likely N-dealkylation sites (tertiary alicyclic amines) is 1. The molecule has 0 atom stereocenters. The van der Waals surface area contributed by atoms with E-state index in [4.69, 9.17) is 18.6 Å². The van der Waals surface area contributed by atoms with Gasteiger partial charge in [-0.05, 0) is 17.7 Å². The quantitative estimate of drug-likeness (QED) is 0.671. The van der Waals surface area contributed by atoms with Gasteiger partial charge >= 0.3 is 0 Å². The van der Waals surface area contributed by atoms with E-state index < -0.39 is 5.79 Å². The average molecular weight is 393 g/mol. The van der Waals surface area contributed by atoms with Crippen LogP contribution in [0, 0.1) is 0 Å². The average Bonchev–Trinajstić information content (AvgIpc) is 3.38. The molecule has 2 fully saturated rings. The number of hydrogen-bond donors (Lipinski definition) is 0. The molecule has 150 valence electrons. The van der Waals surface area contributed by atoms with Crippen molar-refractivity contribution in [3.8, 4) is 16.9 Å². The van der Waals surface area contributed by atoms with E-state index in [1.165, 1.54) is 0 Å². The third kappa shape index (κ3) is 3.18. The Balaban J connectivity index is 1.52. The van der Waals surface area contributed by atoms with Crippen molar-refractivity contribution < 1.29 is 23.4 Å². The number of furan rings is 1. The van der Waals surface area contributed by atoms with Gasteiger partial charge in [-0.3, -0.25) is 4.79 Å². The van der Waals surface area contributed by atoms with Gasteiger partial charge < -0.3 is 23.5 Å². The lowest BCUT2D eigenvalue weighted by molar-refractivity contribution is -0.181. The van der Waals surface area contributed by atoms with Crippen LogP contribution in [0.5, 0.6) is 5.75 Å². The maximum Gasteiger partial charge on any atom is 0.290 e. The first-order chi connectivity index (χ1) is 14.2. The van der Waals surface area contributed by atoms with E-state index in [9.17, 15) is 4.79 Å². The van der Waals surface area contributed by atoms with Gasteiger partial charge in [-0.1, -0.05) is 30.3 Å². The Morgan fingerprint density at radius 3 is 2.45 bits per heavy atom. The van der Waals surface area contributed by atoms with Crippen LogP contribution in [0.4, 0.5) is 0 Å². The van der Waals surface area contributed by atoms with Gasteiger partial charge in [0.15, 0.2) is 5.79 Å². The van der Waals surface area contributed by atoms with Gasteiger partial charge in [0.1, 0.15) is 11.3 Å².